The highest BCUT2D eigenvalue weighted by Gasteiger charge is 2.29. The monoisotopic (exact) mass is 352 g/mol. The summed E-state index contributed by atoms with van der Waals surface area (Å²) in [6.07, 6.45) is -0.125. The van der Waals surface area contributed by atoms with E-state index in [-0.39, 0.29) is 34.8 Å². The molecule has 0 aliphatic rings. The topological polar surface area (TPSA) is 125 Å². The number of nitrogens with one attached hydrogen (secondary N) is 2. The zero-order chi connectivity index (χ0) is 18.3. The molecule has 0 saturated carbocycles. The highest BCUT2D eigenvalue weighted by molar-refractivity contribution is 7.99. The lowest BCUT2D eigenvalue weighted by Crippen LogP contribution is -2.49. The van der Waals surface area contributed by atoms with Crippen molar-refractivity contribution in [1.82, 2.24) is 15.3 Å². The van der Waals surface area contributed by atoms with Gasteiger partial charge in [-0.2, -0.15) is 5.26 Å². The molecule has 0 fully saturated rings. The van der Waals surface area contributed by atoms with E-state index in [1.165, 1.54) is 13.2 Å². The maximum Gasteiger partial charge on any atom is 0.311 e. The summed E-state index contributed by atoms with van der Waals surface area (Å²) in [5, 5.41) is 12.1. The molecule has 0 aliphatic heterocycles. The molecule has 0 spiro atoms. The van der Waals surface area contributed by atoms with Gasteiger partial charge in [-0.05, 0) is 12.8 Å². The predicted octanol–water partition coefficient (Wildman–Crippen LogP) is 0.632. The Balaban J connectivity index is 2.74. The third kappa shape index (κ3) is 5.70. The number of nitrogens with zero attached hydrogens (tertiary/aromatic N) is 2. The van der Waals surface area contributed by atoms with Crippen LogP contribution in [0, 0.1) is 17.2 Å². The number of hydrogen-bond acceptors (Lipinski definition) is 7. The minimum Gasteiger partial charge on any atom is -0.469 e. The summed E-state index contributed by atoms with van der Waals surface area (Å²) in [4.78, 5) is 41.4. The number of nitriles is 1. The van der Waals surface area contributed by atoms with Crippen molar-refractivity contribution in [2.24, 2.45) is 5.92 Å². The summed E-state index contributed by atoms with van der Waals surface area (Å²) in [7, 11) is 1.25. The summed E-state index contributed by atoms with van der Waals surface area (Å²) in [6, 6.07) is 3.29. The van der Waals surface area contributed by atoms with Gasteiger partial charge in [-0.1, -0.05) is 25.6 Å². The lowest BCUT2D eigenvalue weighted by atomic mass is 9.90. The number of carbonyl (C=O) groups excluding carboxylic acids is 2. The van der Waals surface area contributed by atoms with Gasteiger partial charge in [0.1, 0.15) is 5.54 Å². The van der Waals surface area contributed by atoms with Crippen LogP contribution in [-0.4, -0.2) is 40.2 Å². The van der Waals surface area contributed by atoms with Crippen molar-refractivity contribution in [3.63, 3.8) is 0 Å². The Labute approximate surface area is 144 Å². The summed E-state index contributed by atoms with van der Waals surface area (Å²) < 4.78 is 4.53. The average Bonchev–Trinajstić information content (AvgIpc) is 2.52. The minimum atomic E-state index is -0.967. The van der Waals surface area contributed by atoms with Gasteiger partial charge in [-0.15, -0.1) is 0 Å². The van der Waals surface area contributed by atoms with E-state index in [9.17, 15) is 19.6 Å². The van der Waals surface area contributed by atoms with E-state index >= 15 is 0 Å². The molecule has 1 atom stereocenters. The van der Waals surface area contributed by atoms with Crippen LogP contribution in [0.3, 0.4) is 0 Å². The summed E-state index contributed by atoms with van der Waals surface area (Å²) in [6.45, 7) is 5.33. The number of rotatable bonds is 7. The fraction of sp³-hybridized carbons (Fsp3) is 0.533. The maximum absolute atomic E-state index is 12.0. The quantitative estimate of drug-likeness (QED) is 0.419. The molecule has 1 heterocycles. The molecule has 1 rings (SSSR count). The van der Waals surface area contributed by atoms with E-state index in [1.807, 2.05) is 13.8 Å². The van der Waals surface area contributed by atoms with Crippen molar-refractivity contribution >= 4 is 23.6 Å². The Morgan fingerprint density at radius 3 is 2.75 bits per heavy atom. The lowest BCUT2D eigenvalue weighted by molar-refractivity contribution is -0.139. The normalized spacial score (nSPS) is 13.0. The molecule has 9 heteroatoms. The van der Waals surface area contributed by atoms with Crippen molar-refractivity contribution in [3.8, 4) is 6.07 Å². The van der Waals surface area contributed by atoms with Crippen LogP contribution in [0.2, 0.25) is 0 Å². The van der Waals surface area contributed by atoms with E-state index in [2.05, 4.69) is 26.1 Å². The fourth-order valence-electron chi connectivity index (χ4n) is 1.62. The summed E-state index contributed by atoms with van der Waals surface area (Å²) in [5.41, 5.74) is -1.13. The highest BCUT2D eigenvalue weighted by atomic mass is 32.2. The lowest BCUT2D eigenvalue weighted by Gasteiger charge is -2.27. The number of thioether (sulfide) groups is 1. The molecule has 0 bridgehead atoms. The third-order valence-corrected chi connectivity index (χ3v) is 4.33. The Morgan fingerprint density at radius 2 is 2.21 bits per heavy atom. The molecule has 0 aromatic carbocycles. The Hall–Kier alpha value is -2.34. The Morgan fingerprint density at radius 1 is 1.54 bits per heavy atom. The van der Waals surface area contributed by atoms with E-state index < -0.39 is 17.1 Å². The second-order valence-corrected chi connectivity index (χ2v) is 6.56. The van der Waals surface area contributed by atoms with Gasteiger partial charge in [-0.25, -0.2) is 4.98 Å². The number of aromatic nitrogens is 2. The summed E-state index contributed by atoms with van der Waals surface area (Å²) in [5.74, 6) is -0.936. The van der Waals surface area contributed by atoms with Gasteiger partial charge in [0.25, 0.3) is 5.56 Å². The number of carbonyl (C=O) groups is 2. The molecule has 1 aromatic rings. The first-order valence-electron chi connectivity index (χ1n) is 7.22. The maximum atomic E-state index is 12.0. The van der Waals surface area contributed by atoms with E-state index in [1.54, 1.807) is 6.92 Å². The van der Waals surface area contributed by atoms with E-state index in [4.69, 9.17) is 0 Å². The largest absolute Gasteiger partial charge is 0.469 e. The highest BCUT2D eigenvalue weighted by Crippen LogP contribution is 2.17. The third-order valence-electron chi connectivity index (χ3n) is 3.45. The molecule has 1 amide bonds. The number of H-pyrrole nitrogens is 1. The zero-order valence-corrected chi connectivity index (χ0v) is 14.8. The van der Waals surface area contributed by atoms with E-state index in [0.29, 0.717) is 0 Å². The molecule has 2 N–H and O–H groups in total. The molecule has 0 radical (unpaired) electrons. The second kappa shape index (κ2) is 8.49. The standard InChI is InChI=1S/C15H20N4O4S/c1-9(2)15(3,8-16)19-12(21)7-24-14-17-10(5-11(20)18-14)6-13(22)23-4/h5,9H,6-7H2,1-4H3,(H,19,21)(H,17,18,20)/t15-/m0/s1. The number of ether oxygens (including phenoxy) is 1. The van der Waals surface area contributed by atoms with Crippen molar-refractivity contribution < 1.29 is 14.3 Å². The molecule has 130 valence electrons. The van der Waals surface area contributed by atoms with Crippen molar-refractivity contribution in [2.75, 3.05) is 12.9 Å². The van der Waals surface area contributed by atoms with Crippen LogP contribution in [0.25, 0.3) is 0 Å². The summed E-state index contributed by atoms with van der Waals surface area (Å²) >= 11 is 1.01. The van der Waals surface area contributed by atoms with Gasteiger partial charge < -0.3 is 15.0 Å². The van der Waals surface area contributed by atoms with Gasteiger partial charge in [0.05, 0.1) is 31.0 Å². The van der Waals surface area contributed by atoms with E-state index in [0.717, 1.165) is 11.8 Å². The minimum absolute atomic E-state index is 0.0192. The molecule has 0 unspecified atom stereocenters. The van der Waals surface area contributed by atoms with Gasteiger partial charge >= 0.3 is 5.97 Å². The van der Waals surface area contributed by atoms with Crippen LogP contribution in [0.5, 0.6) is 0 Å². The number of hydrogen-bond donors (Lipinski definition) is 2. The first kappa shape index (κ1) is 19.7. The van der Waals surface area contributed by atoms with Crippen LogP contribution in [0.1, 0.15) is 26.5 Å². The fourth-order valence-corrected chi connectivity index (χ4v) is 2.32. The molecular formula is C15H20N4O4S. The SMILES string of the molecule is COC(=O)Cc1cc(=O)[nH]c(SCC(=O)N[C@@](C)(C#N)C(C)C)n1. The predicted molar refractivity (Wildman–Crippen MR) is 88.3 cm³/mol. The number of amides is 1. The number of methoxy groups -OCH3 is 1. The molecule has 0 aliphatic carbocycles. The average molecular weight is 352 g/mol. The second-order valence-electron chi connectivity index (χ2n) is 5.60. The number of esters is 1. The van der Waals surface area contributed by atoms with Crippen LogP contribution >= 0.6 is 11.8 Å². The van der Waals surface area contributed by atoms with Crippen molar-refractivity contribution in [2.45, 2.75) is 37.9 Å². The van der Waals surface area contributed by atoms with Crippen LogP contribution < -0.4 is 10.9 Å². The molecule has 0 saturated heterocycles. The smallest absolute Gasteiger partial charge is 0.311 e. The molecule has 24 heavy (non-hydrogen) atoms. The van der Waals surface area contributed by atoms with Gasteiger partial charge in [0.2, 0.25) is 5.91 Å². The van der Waals surface area contributed by atoms with Crippen LogP contribution in [-0.2, 0) is 20.7 Å². The van der Waals surface area contributed by atoms with Gasteiger partial charge in [0, 0.05) is 6.07 Å². The first-order valence-corrected chi connectivity index (χ1v) is 8.21. The van der Waals surface area contributed by atoms with Crippen molar-refractivity contribution in [1.29, 1.82) is 5.26 Å². The van der Waals surface area contributed by atoms with Gasteiger partial charge in [-0.3, -0.25) is 14.4 Å². The molecule has 8 nitrogen and oxygen atoms in total. The Bertz CT molecular complexity index is 710. The Kier molecular flexibility index (Phi) is 6.97. The zero-order valence-electron chi connectivity index (χ0n) is 14.0. The van der Waals surface area contributed by atoms with Crippen LogP contribution in [0.4, 0.5) is 0 Å². The van der Waals surface area contributed by atoms with Crippen molar-refractivity contribution in [3.05, 3.63) is 22.1 Å². The number of aromatic amines is 1. The van der Waals surface area contributed by atoms with Crippen LogP contribution in [0.15, 0.2) is 16.0 Å². The molecular weight excluding hydrogens is 332 g/mol. The first-order chi connectivity index (χ1) is 11.2. The van der Waals surface area contributed by atoms with Gasteiger partial charge in [0.15, 0.2) is 5.16 Å². The molecule has 1 aromatic heterocycles.